The van der Waals surface area contributed by atoms with E-state index in [1.54, 1.807) is 6.20 Å². The molecule has 16 heavy (non-hydrogen) atoms. The Morgan fingerprint density at radius 1 is 1.56 bits per heavy atom. The number of pyridine rings is 1. The van der Waals surface area contributed by atoms with E-state index < -0.39 is 0 Å². The van der Waals surface area contributed by atoms with Crippen LogP contribution in [-0.2, 0) is 0 Å². The fourth-order valence-corrected chi connectivity index (χ4v) is 3.50. The Kier molecular flexibility index (Phi) is 4.36. The molecule has 2 atom stereocenters. The number of aromatic nitrogens is 1. The average molecular weight is 257 g/mol. The molecule has 1 fully saturated rings. The number of anilines is 1. The topological polar surface area (TPSA) is 24.9 Å². The number of halogens is 1. The molecule has 2 unspecified atom stereocenters. The summed E-state index contributed by atoms with van der Waals surface area (Å²) in [5.74, 6) is 1.22. The zero-order valence-corrected chi connectivity index (χ0v) is 11.0. The minimum absolute atomic E-state index is 0.558. The highest BCUT2D eigenvalue weighted by molar-refractivity contribution is 7.99. The third-order valence-corrected chi connectivity index (χ3v) is 4.32. The van der Waals surface area contributed by atoms with E-state index in [0.717, 1.165) is 10.9 Å². The molecule has 1 aliphatic rings. The van der Waals surface area contributed by atoms with E-state index in [1.165, 1.54) is 25.0 Å². The van der Waals surface area contributed by atoms with Crippen molar-refractivity contribution in [1.82, 2.24) is 4.98 Å². The molecular formula is C12H17ClN2S. The number of hydrogen-bond acceptors (Lipinski definition) is 3. The Hall–Kier alpha value is -0.410. The van der Waals surface area contributed by atoms with Crippen LogP contribution < -0.4 is 5.32 Å². The van der Waals surface area contributed by atoms with Crippen molar-refractivity contribution in [1.29, 1.82) is 0 Å². The summed E-state index contributed by atoms with van der Waals surface area (Å²) in [7, 11) is 0. The van der Waals surface area contributed by atoms with Crippen molar-refractivity contribution < 1.29 is 0 Å². The second-order valence-electron chi connectivity index (χ2n) is 4.10. The van der Waals surface area contributed by atoms with Crippen molar-refractivity contribution in [3.8, 4) is 0 Å². The molecule has 1 aliphatic carbocycles. The van der Waals surface area contributed by atoms with Crippen LogP contribution >= 0.6 is 23.4 Å². The molecule has 0 aromatic carbocycles. The summed E-state index contributed by atoms with van der Waals surface area (Å²) in [4.78, 5) is 3.98. The first-order chi connectivity index (χ1) is 7.78. The Balaban J connectivity index is 1.87. The van der Waals surface area contributed by atoms with Crippen LogP contribution in [0.1, 0.15) is 26.2 Å². The SMILES string of the molecule is CCSC1CCC(Nc2ccnc(Cl)c2)C1. The quantitative estimate of drug-likeness (QED) is 0.829. The molecule has 1 aromatic rings. The maximum atomic E-state index is 5.85. The van der Waals surface area contributed by atoms with Gasteiger partial charge in [-0.2, -0.15) is 11.8 Å². The minimum atomic E-state index is 0.558. The second-order valence-corrected chi connectivity index (χ2v) is 6.06. The van der Waals surface area contributed by atoms with E-state index in [-0.39, 0.29) is 0 Å². The molecule has 0 aliphatic heterocycles. The van der Waals surface area contributed by atoms with E-state index in [2.05, 4.69) is 29.0 Å². The van der Waals surface area contributed by atoms with Crippen LogP contribution in [0.25, 0.3) is 0 Å². The lowest BCUT2D eigenvalue weighted by Crippen LogP contribution is -2.15. The molecule has 0 spiro atoms. The summed E-state index contributed by atoms with van der Waals surface area (Å²) >= 11 is 7.93. The number of nitrogens with zero attached hydrogens (tertiary/aromatic N) is 1. The average Bonchev–Trinajstić information content (AvgIpc) is 2.66. The van der Waals surface area contributed by atoms with Gasteiger partial charge in [-0.3, -0.25) is 0 Å². The Bertz CT molecular complexity index is 346. The maximum absolute atomic E-state index is 5.85. The fraction of sp³-hybridized carbons (Fsp3) is 0.583. The molecule has 1 N–H and O–H groups in total. The van der Waals surface area contributed by atoms with Crippen molar-refractivity contribution in [2.45, 2.75) is 37.5 Å². The normalized spacial score (nSPS) is 24.6. The predicted molar refractivity (Wildman–Crippen MR) is 72.4 cm³/mol. The van der Waals surface area contributed by atoms with Gasteiger partial charge >= 0.3 is 0 Å². The molecule has 88 valence electrons. The summed E-state index contributed by atoms with van der Waals surface area (Å²) in [5.41, 5.74) is 1.09. The lowest BCUT2D eigenvalue weighted by atomic mass is 10.2. The standard InChI is InChI=1S/C12H17ClN2S/c1-2-16-11-4-3-9(7-11)15-10-5-6-14-12(13)8-10/h5-6,8-9,11H,2-4,7H2,1H3,(H,14,15). The van der Waals surface area contributed by atoms with Gasteiger partial charge in [0.1, 0.15) is 5.15 Å². The van der Waals surface area contributed by atoms with E-state index in [4.69, 9.17) is 11.6 Å². The van der Waals surface area contributed by atoms with Crippen molar-refractivity contribution in [3.63, 3.8) is 0 Å². The number of thioether (sulfide) groups is 1. The Labute approximate surface area is 106 Å². The predicted octanol–water partition coefficient (Wildman–Crippen LogP) is 3.82. The molecule has 1 aromatic heterocycles. The molecule has 1 saturated carbocycles. The van der Waals surface area contributed by atoms with Crippen LogP contribution in [0.2, 0.25) is 5.15 Å². The lowest BCUT2D eigenvalue weighted by molar-refractivity contribution is 0.757. The van der Waals surface area contributed by atoms with E-state index in [1.807, 2.05) is 12.1 Å². The van der Waals surface area contributed by atoms with Crippen molar-refractivity contribution in [2.24, 2.45) is 0 Å². The molecule has 0 bridgehead atoms. The summed E-state index contributed by atoms with van der Waals surface area (Å²) in [6.07, 6.45) is 5.60. The van der Waals surface area contributed by atoms with Crippen molar-refractivity contribution >= 4 is 29.1 Å². The van der Waals surface area contributed by atoms with Gasteiger partial charge in [0.2, 0.25) is 0 Å². The van der Waals surface area contributed by atoms with Crippen LogP contribution in [0, 0.1) is 0 Å². The minimum Gasteiger partial charge on any atom is -0.382 e. The van der Waals surface area contributed by atoms with Gasteiger partial charge in [-0.05, 0) is 37.1 Å². The first kappa shape index (κ1) is 12.1. The number of rotatable bonds is 4. The summed E-state index contributed by atoms with van der Waals surface area (Å²) < 4.78 is 0. The monoisotopic (exact) mass is 256 g/mol. The Morgan fingerprint density at radius 3 is 3.19 bits per heavy atom. The van der Waals surface area contributed by atoms with E-state index >= 15 is 0 Å². The van der Waals surface area contributed by atoms with Crippen LogP contribution in [0.4, 0.5) is 5.69 Å². The molecule has 2 rings (SSSR count). The number of nitrogens with one attached hydrogen (secondary N) is 1. The van der Waals surface area contributed by atoms with Crippen LogP contribution in [0.3, 0.4) is 0 Å². The van der Waals surface area contributed by atoms with Gasteiger partial charge in [-0.1, -0.05) is 18.5 Å². The molecular weight excluding hydrogens is 240 g/mol. The number of hydrogen-bond donors (Lipinski definition) is 1. The summed E-state index contributed by atoms with van der Waals surface area (Å²) in [6, 6.07) is 4.47. The van der Waals surface area contributed by atoms with Crippen LogP contribution in [0.5, 0.6) is 0 Å². The molecule has 0 saturated heterocycles. The molecule has 0 amide bonds. The largest absolute Gasteiger partial charge is 0.382 e. The highest BCUT2D eigenvalue weighted by Gasteiger charge is 2.24. The molecule has 2 nitrogen and oxygen atoms in total. The van der Waals surface area contributed by atoms with E-state index in [9.17, 15) is 0 Å². The Morgan fingerprint density at radius 2 is 2.44 bits per heavy atom. The smallest absolute Gasteiger partial charge is 0.131 e. The van der Waals surface area contributed by atoms with Gasteiger partial charge in [-0.25, -0.2) is 4.98 Å². The highest BCUT2D eigenvalue weighted by atomic mass is 35.5. The van der Waals surface area contributed by atoms with Crippen LogP contribution in [-0.4, -0.2) is 22.0 Å². The van der Waals surface area contributed by atoms with Crippen molar-refractivity contribution in [2.75, 3.05) is 11.1 Å². The van der Waals surface area contributed by atoms with Gasteiger partial charge in [0, 0.05) is 23.2 Å². The third kappa shape index (κ3) is 3.29. The zero-order chi connectivity index (χ0) is 11.4. The van der Waals surface area contributed by atoms with Crippen LogP contribution in [0.15, 0.2) is 18.3 Å². The summed E-state index contributed by atoms with van der Waals surface area (Å²) in [5, 5.41) is 4.92. The van der Waals surface area contributed by atoms with Gasteiger partial charge in [0.15, 0.2) is 0 Å². The molecule has 4 heteroatoms. The van der Waals surface area contributed by atoms with Gasteiger partial charge in [0.25, 0.3) is 0 Å². The molecule has 0 radical (unpaired) electrons. The van der Waals surface area contributed by atoms with Gasteiger partial charge in [-0.15, -0.1) is 0 Å². The fourth-order valence-electron chi connectivity index (χ4n) is 2.19. The maximum Gasteiger partial charge on any atom is 0.131 e. The lowest BCUT2D eigenvalue weighted by Gasteiger charge is -2.14. The first-order valence-corrected chi connectivity index (χ1v) is 7.20. The third-order valence-electron chi connectivity index (χ3n) is 2.88. The van der Waals surface area contributed by atoms with Gasteiger partial charge < -0.3 is 5.32 Å². The summed E-state index contributed by atoms with van der Waals surface area (Å²) in [6.45, 7) is 2.23. The second kappa shape index (κ2) is 5.78. The zero-order valence-electron chi connectivity index (χ0n) is 9.45. The highest BCUT2D eigenvalue weighted by Crippen LogP contribution is 2.31. The van der Waals surface area contributed by atoms with E-state index in [0.29, 0.717) is 11.2 Å². The van der Waals surface area contributed by atoms with Crippen molar-refractivity contribution in [3.05, 3.63) is 23.5 Å². The molecule has 1 heterocycles. The first-order valence-electron chi connectivity index (χ1n) is 5.77. The van der Waals surface area contributed by atoms with Gasteiger partial charge in [0.05, 0.1) is 0 Å².